The molecule has 0 saturated carbocycles. The van der Waals surface area contributed by atoms with Crippen LogP contribution >= 0.6 is 12.0 Å². The highest BCUT2D eigenvalue weighted by Crippen LogP contribution is 2.28. The van der Waals surface area contributed by atoms with Crippen LogP contribution < -0.4 is 0 Å². The molecule has 0 spiro atoms. The zero-order valence-corrected chi connectivity index (χ0v) is 6.37. The van der Waals surface area contributed by atoms with E-state index in [2.05, 4.69) is 0 Å². The predicted octanol–water partition coefficient (Wildman–Crippen LogP) is -0.953. The Bertz CT molecular complexity index is 162. The zero-order chi connectivity index (χ0) is 8.48. The van der Waals surface area contributed by atoms with Crippen molar-refractivity contribution in [2.75, 3.05) is 12.4 Å². The fraction of sp³-hybridized carbons (Fsp3) is 0.800. The van der Waals surface area contributed by atoms with E-state index in [4.69, 9.17) is 19.5 Å². The maximum absolute atomic E-state index is 10.2. The van der Waals surface area contributed by atoms with Crippen molar-refractivity contribution >= 4 is 18.0 Å². The minimum atomic E-state index is -2.65. The van der Waals surface area contributed by atoms with Crippen LogP contribution in [-0.4, -0.2) is 39.4 Å². The molecule has 0 amide bonds. The van der Waals surface area contributed by atoms with E-state index >= 15 is 0 Å². The van der Waals surface area contributed by atoms with Crippen molar-refractivity contribution in [1.82, 2.24) is 0 Å². The minimum absolute atomic E-state index is 0.0595. The number of rotatable bonds is 2. The van der Waals surface area contributed by atoms with Gasteiger partial charge in [0.1, 0.15) is 0 Å². The molecule has 1 rings (SSSR count). The second-order valence-corrected chi connectivity index (χ2v) is 3.10. The first-order valence-electron chi connectivity index (χ1n) is 2.97. The average Bonchev–Trinajstić information content (AvgIpc) is 2.37. The Labute approximate surface area is 67.2 Å². The molecule has 0 bridgehead atoms. The fourth-order valence-corrected chi connectivity index (χ4v) is 1.57. The molecule has 3 N–H and O–H groups in total. The molecule has 0 aliphatic carbocycles. The van der Waals surface area contributed by atoms with Gasteiger partial charge in [-0.3, -0.25) is 0 Å². The van der Waals surface area contributed by atoms with Gasteiger partial charge in [0.2, 0.25) is 0 Å². The number of carboxylic acid groups (broad SMARTS) is 1. The molecule has 0 radical (unpaired) electrons. The summed E-state index contributed by atoms with van der Waals surface area (Å²) in [7, 11) is 0. The predicted molar refractivity (Wildman–Crippen MR) is 36.7 cm³/mol. The van der Waals surface area contributed by atoms with Crippen molar-refractivity contribution < 1.29 is 24.3 Å². The van der Waals surface area contributed by atoms with Gasteiger partial charge >= 0.3 is 5.97 Å². The topological polar surface area (TPSA) is 87.0 Å². The van der Waals surface area contributed by atoms with Crippen LogP contribution in [0.15, 0.2) is 0 Å². The molecule has 5 nitrogen and oxygen atoms in total. The maximum atomic E-state index is 10.2. The zero-order valence-electron chi connectivity index (χ0n) is 5.56. The van der Waals surface area contributed by atoms with Crippen LogP contribution in [0.1, 0.15) is 0 Å². The van der Waals surface area contributed by atoms with E-state index in [1.807, 2.05) is 0 Å². The number of hydrogen-bond donors (Lipinski definition) is 3. The van der Waals surface area contributed by atoms with Crippen molar-refractivity contribution in [3.05, 3.63) is 0 Å². The molecule has 1 aliphatic rings. The van der Waals surface area contributed by atoms with E-state index in [0.29, 0.717) is 5.75 Å². The van der Waals surface area contributed by atoms with Crippen LogP contribution in [0.4, 0.5) is 0 Å². The van der Waals surface area contributed by atoms with Gasteiger partial charge < -0.3 is 19.5 Å². The molecule has 1 fully saturated rings. The Hall–Kier alpha value is -0.300. The summed E-state index contributed by atoms with van der Waals surface area (Å²) in [5.74, 6) is -4.73. The van der Waals surface area contributed by atoms with E-state index in [1.54, 1.807) is 0 Å². The molecule has 1 unspecified atom stereocenters. The molecule has 0 aromatic rings. The van der Waals surface area contributed by atoms with E-state index in [1.165, 1.54) is 0 Å². The summed E-state index contributed by atoms with van der Waals surface area (Å²) in [5.41, 5.74) is 0. The molecule has 1 aliphatic heterocycles. The largest absolute Gasteiger partial charge is 0.477 e. The summed E-state index contributed by atoms with van der Waals surface area (Å²) < 4.78 is 4.73. The Balaban J connectivity index is 2.62. The van der Waals surface area contributed by atoms with E-state index in [0.717, 1.165) is 12.0 Å². The van der Waals surface area contributed by atoms with Crippen LogP contribution in [-0.2, 0) is 8.98 Å². The summed E-state index contributed by atoms with van der Waals surface area (Å²) in [6.07, 6.45) is 0. The third-order valence-electron chi connectivity index (χ3n) is 1.51. The highest BCUT2D eigenvalue weighted by atomic mass is 32.2. The molecule has 1 saturated heterocycles. The maximum Gasteiger partial charge on any atom is 0.364 e. The first-order chi connectivity index (χ1) is 5.05. The van der Waals surface area contributed by atoms with Crippen molar-refractivity contribution in [2.45, 2.75) is 5.79 Å². The second-order valence-electron chi connectivity index (χ2n) is 2.30. The fourth-order valence-electron chi connectivity index (χ4n) is 0.716. The normalized spacial score (nSPS) is 25.5. The van der Waals surface area contributed by atoms with E-state index in [-0.39, 0.29) is 6.61 Å². The van der Waals surface area contributed by atoms with Crippen LogP contribution in [0.3, 0.4) is 0 Å². The quantitative estimate of drug-likeness (QED) is 0.375. The number of aliphatic hydroxyl groups is 2. The lowest BCUT2D eigenvalue weighted by Gasteiger charge is -2.20. The van der Waals surface area contributed by atoms with Gasteiger partial charge in [0.25, 0.3) is 5.79 Å². The third-order valence-corrected chi connectivity index (χ3v) is 2.35. The van der Waals surface area contributed by atoms with Gasteiger partial charge in [-0.25, -0.2) is 4.79 Å². The molecule has 64 valence electrons. The standard InChI is InChI=1S/C5H8O5S/c6-4(7)5(8,9)3-1-10-11-2-3/h3,8-9H,1-2H2,(H,6,7). The minimum Gasteiger partial charge on any atom is -0.477 e. The lowest BCUT2D eigenvalue weighted by molar-refractivity contribution is -0.220. The Morgan fingerprint density at radius 1 is 1.64 bits per heavy atom. The van der Waals surface area contributed by atoms with Crippen LogP contribution in [0.2, 0.25) is 0 Å². The molecule has 1 heterocycles. The van der Waals surface area contributed by atoms with Gasteiger partial charge in [-0.05, 0) is 12.0 Å². The summed E-state index contributed by atoms with van der Waals surface area (Å²) in [5, 5.41) is 26.2. The summed E-state index contributed by atoms with van der Waals surface area (Å²) in [6.45, 7) is 0.0595. The van der Waals surface area contributed by atoms with Crippen molar-refractivity contribution in [3.63, 3.8) is 0 Å². The van der Waals surface area contributed by atoms with Crippen LogP contribution in [0.5, 0.6) is 0 Å². The van der Waals surface area contributed by atoms with E-state index in [9.17, 15) is 4.79 Å². The van der Waals surface area contributed by atoms with Gasteiger partial charge in [0.15, 0.2) is 0 Å². The first kappa shape index (κ1) is 8.79. The first-order valence-corrected chi connectivity index (χ1v) is 3.88. The number of carboxylic acids is 1. The monoisotopic (exact) mass is 180 g/mol. The van der Waals surface area contributed by atoms with Gasteiger partial charge in [-0.1, -0.05) is 0 Å². The molecule has 11 heavy (non-hydrogen) atoms. The summed E-state index contributed by atoms with van der Waals surface area (Å²) in [6, 6.07) is 0. The summed E-state index contributed by atoms with van der Waals surface area (Å²) >= 11 is 1.04. The lowest BCUT2D eigenvalue weighted by atomic mass is 10.0. The van der Waals surface area contributed by atoms with Gasteiger partial charge in [-0.2, -0.15) is 0 Å². The van der Waals surface area contributed by atoms with Gasteiger partial charge in [0, 0.05) is 5.75 Å². The van der Waals surface area contributed by atoms with Gasteiger partial charge in [0.05, 0.1) is 12.5 Å². The van der Waals surface area contributed by atoms with Crippen molar-refractivity contribution in [1.29, 1.82) is 0 Å². The SMILES string of the molecule is O=C(O)C(O)(O)C1COSC1. The molecule has 6 heteroatoms. The van der Waals surface area contributed by atoms with Crippen molar-refractivity contribution in [2.24, 2.45) is 5.92 Å². The van der Waals surface area contributed by atoms with E-state index < -0.39 is 17.7 Å². The number of hydrogen-bond acceptors (Lipinski definition) is 5. The molecular formula is C5H8O5S. The van der Waals surface area contributed by atoms with Gasteiger partial charge in [-0.15, -0.1) is 0 Å². The Kier molecular flexibility index (Phi) is 2.38. The molecule has 0 aromatic carbocycles. The third kappa shape index (κ3) is 1.64. The average molecular weight is 180 g/mol. The smallest absolute Gasteiger partial charge is 0.364 e. The molecule has 0 aromatic heterocycles. The van der Waals surface area contributed by atoms with Crippen molar-refractivity contribution in [3.8, 4) is 0 Å². The highest BCUT2D eigenvalue weighted by molar-refractivity contribution is 7.94. The van der Waals surface area contributed by atoms with Crippen LogP contribution in [0.25, 0.3) is 0 Å². The Morgan fingerprint density at radius 2 is 2.27 bits per heavy atom. The second kappa shape index (κ2) is 2.98. The highest BCUT2D eigenvalue weighted by Gasteiger charge is 2.44. The molecular weight excluding hydrogens is 172 g/mol. The summed E-state index contributed by atoms with van der Waals surface area (Å²) in [4.78, 5) is 10.2. The molecule has 1 atom stereocenters. The Morgan fingerprint density at radius 3 is 2.64 bits per heavy atom. The van der Waals surface area contributed by atoms with Crippen LogP contribution in [0, 0.1) is 5.92 Å². The number of carbonyl (C=O) groups is 1. The number of aliphatic carboxylic acids is 1. The lowest BCUT2D eigenvalue weighted by Crippen LogP contribution is -2.47.